The van der Waals surface area contributed by atoms with Crippen LogP contribution in [0.4, 0.5) is 4.39 Å². The number of nitrogens with zero attached hydrogens (tertiary/aromatic N) is 4. The molecule has 6 nitrogen and oxygen atoms in total. The second-order valence-corrected chi connectivity index (χ2v) is 10.5. The molecule has 0 aromatic carbocycles. The van der Waals surface area contributed by atoms with Gasteiger partial charge < -0.3 is 9.64 Å². The van der Waals surface area contributed by atoms with E-state index in [4.69, 9.17) is 4.74 Å². The predicted molar refractivity (Wildman–Crippen MR) is 126 cm³/mol. The average Bonchev–Trinajstić information content (AvgIpc) is 3.36. The van der Waals surface area contributed by atoms with Gasteiger partial charge in [-0.25, -0.2) is 14.4 Å². The fourth-order valence-electron chi connectivity index (χ4n) is 5.23. The van der Waals surface area contributed by atoms with Gasteiger partial charge in [-0.05, 0) is 76.2 Å². The molecule has 0 bridgehead atoms. The van der Waals surface area contributed by atoms with E-state index in [9.17, 15) is 9.18 Å². The summed E-state index contributed by atoms with van der Waals surface area (Å²) in [4.78, 5) is 30.4. The number of thiophene rings is 1. The zero-order valence-electron chi connectivity index (χ0n) is 19.1. The molecule has 3 aromatic rings. The zero-order valence-corrected chi connectivity index (χ0v) is 19.9. The maximum absolute atomic E-state index is 13.1. The van der Waals surface area contributed by atoms with Gasteiger partial charge in [-0.1, -0.05) is 0 Å². The van der Waals surface area contributed by atoms with E-state index in [1.807, 2.05) is 0 Å². The summed E-state index contributed by atoms with van der Waals surface area (Å²) < 4.78 is 19.6. The van der Waals surface area contributed by atoms with Gasteiger partial charge in [0.25, 0.3) is 0 Å². The summed E-state index contributed by atoms with van der Waals surface area (Å²) in [5.74, 6) is 0.539. The SMILES string of the molecule is CN(C)C1CCC(Oc2ncnc3sc4c(c23)[C@@H](CC(=O)Cc2ccc(F)cn2)CC4)CC1. The van der Waals surface area contributed by atoms with Crippen LogP contribution in [-0.2, 0) is 17.6 Å². The van der Waals surface area contributed by atoms with Crippen LogP contribution in [0.15, 0.2) is 24.7 Å². The lowest BCUT2D eigenvalue weighted by Crippen LogP contribution is -2.35. The molecule has 0 radical (unpaired) electrons. The Hall–Kier alpha value is -2.45. The van der Waals surface area contributed by atoms with Gasteiger partial charge in [0.05, 0.1) is 11.6 Å². The van der Waals surface area contributed by atoms with E-state index in [1.54, 1.807) is 23.7 Å². The van der Waals surface area contributed by atoms with Crippen molar-refractivity contribution in [3.05, 3.63) is 46.6 Å². The highest BCUT2D eigenvalue weighted by Gasteiger charge is 2.32. The Kier molecular flexibility index (Phi) is 6.38. The van der Waals surface area contributed by atoms with Crippen molar-refractivity contribution >= 4 is 27.3 Å². The molecule has 2 aliphatic rings. The van der Waals surface area contributed by atoms with E-state index in [2.05, 4.69) is 33.9 Å². The fraction of sp³-hybridized carbons (Fsp3) is 0.520. The van der Waals surface area contributed by atoms with Crippen molar-refractivity contribution in [1.29, 1.82) is 0 Å². The van der Waals surface area contributed by atoms with Gasteiger partial charge in [-0.3, -0.25) is 9.78 Å². The lowest BCUT2D eigenvalue weighted by atomic mass is 9.92. The molecule has 0 amide bonds. The van der Waals surface area contributed by atoms with Crippen LogP contribution in [0.5, 0.6) is 5.88 Å². The number of rotatable bonds is 7. The van der Waals surface area contributed by atoms with Crippen molar-refractivity contribution in [2.45, 2.75) is 69.4 Å². The van der Waals surface area contributed by atoms with Gasteiger partial charge in [0, 0.05) is 29.5 Å². The normalized spacial score (nSPS) is 22.6. The molecule has 1 saturated carbocycles. The lowest BCUT2D eigenvalue weighted by Gasteiger charge is -2.32. The Labute approximate surface area is 197 Å². The van der Waals surface area contributed by atoms with Crippen molar-refractivity contribution in [2.24, 2.45) is 0 Å². The van der Waals surface area contributed by atoms with Crippen molar-refractivity contribution < 1.29 is 13.9 Å². The van der Waals surface area contributed by atoms with Gasteiger partial charge in [0.15, 0.2) is 0 Å². The van der Waals surface area contributed by atoms with Crippen LogP contribution in [0.2, 0.25) is 0 Å². The van der Waals surface area contributed by atoms with Crippen molar-refractivity contribution in [3.8, 4) is 5.88 Å². The molecular formula is C25H29FN4O2S. The van der Waals surface area contributed by atoms with E-state index in [0.29, 0.717) is 24.0 Å². The van der Waals surface area contributed by atoms with Crippen LogP contribution in [-0.4, -0.2) is 51.9 Å². The molecule has 1 fully saturated rings. The second-order valence-electron chi connectivity index (χ2n) is 9.43. The Balaban J connectivity index is 1.33. The number of pyridine rings is 1. The van der Waals surface area contributed by atoms with Crippen LogP contribution < -0.4 is 4.74 Å². The number of Topliss-reactive ketones (excluding diaryl/α,β-unsaturated/α-hetero) is 1. The van der Waals surface area contributed by atoms with Gasteiger partial charge in [0.2, 0.25) is 5.88 Å². The highest BCUT2D eigenvalue weighted by molar-refractivity contribution is 7.19. The number of carbonyl (C=O) groups is 1. The summed E-state index contributed by atoms with van der Waals surface area (Å²) in [5.41, 5.74) is 1.81. The number of aromatic nitrogens is 3. The molecule has 0 aliphatic heterocycles. The summed E-state index contributed by atoms with van der Waals surface area (Å²) in [6.45, 7) is 0. The standard InChI is InChI=1S/C25H29FN4O2S/c1-30(2)18-6-8-20(9-7-18)32-24-23-22-15(3-10-21(22)33-25(23)29-14-28-24)11-19(31)12-17-5-4-16(26)13-27-17/h4-5,13-15,18,20H,3,6-12H2,1-2H3/t15-,18?,20?/m1/s1. The molecule has 8 heteroatoms. The maximum atomic E-state index is 13.1. The number of ketones is 1. The molecule has 1 atom stereocenters. The molecule has 2 aliphatic carbocycles. The van der Waals surface area contributed by atoms with E-state index < -0.39 is 0 Å². The number of fused-ring (bicyclic) bond motifs is 3. The van der Waals surface area contributed by atoms with E-state index >= 15 is 0 Å². The number of hydrogen-bond donors (Lipinski definition) is 0. The first-order valence-corrected chi connectivity index (χ1v) is 12.5. The van der Waals surface area contributed by atoms with E-state index in [0.717, 1.165) is 54.9 Å². The summed E-state index contributed by atoms with van der Waals surface area (Å²) in [5, 5.41) is 1.00. The minimum atomic E-state index is -0.390. The number of halogens is 1. The molecule has 3 heterocycles. The number of carbonyl (C=O) groups excluding carboxylic acids is 1. The Morgan fingerprint density at radius 2 is 1.97 bits per heavy atom. The number of aryl methyl sites for hydroxylation is 1. The Bertz CT molecular complexity index is 1140. The molecular weight excluding hydrogens is 439 g/mol. The zero-order chi connectivity index (χ0) is 22.9. The second kappa shape index (κ2) is 9.43. The summed E-state index contributed by atoms with van der Waals surface area (Å²) in [6, 6.07) is 3.55. The fourth-order valence-corrected chi connectivity index (χ4v) is 6.46. The first kappa shape index (κ1) is 22.3. The van der Waals surface area contributed by atoms with Gasteiger partial charge >= 0.3 is 0 Å². The van der Waals surface area contributed by atoms with Gasteiger partial charge in [-0.2, -0.15) is 0 Å². The Morgan fingerprint density at radius 1 is 1.15 bits per heavy atom. The minimum absolute atomic E-state index is 0.118. The molecule has 174 valence electrons. The largest absolute Gasteiger partial charge is 0.474 e. The minimum Gasteiger partial charge on any atom is -0.474 e. The maximum Gasteiger partial charge on any atom is 0.225 e. The Morgan fingerprint density at radius 3 is 2.70 bits per heavy atom. The monoisotopic (exact) mass is 468 g/mol. The molecule has 33 heavy (non-hydrogen) atoms. The van der Waals surface area contributed by atoms with Crippen LogP contribution in [0.25, 0.3) is 10.2 Å². The van der Waals surface area contributed by atoms with Gasteiger partial charge in [-0.15, -0.1) is 11.3 Å². The molecule has 3 aromatic heterocycles. The summed E-state index contributed by atoms with van der Waals surface area (Å²) in [7, 11) is 4.28. The van der Waals surface area contributed by atoms with Gasteiger partial charge in [0.1, 0.15) is 28.9 Å². The lowest BCUT2D eigenvalue weighted by molar-refractivity contribution is -0.118. The average molecular weight is 469 g/mol. The molecule has 0 spiro atoms. The van der Waals surface area contributed by atoms with E-state index in [1.165, 1.54) is 16.5 Å². The number of ether oxygens (including phenoxy) is 1. The predicted octanol–water partition coefficient (Wildman–Crippen LogP) is 4.71. The molecule has 5 rings (SSSR count). The summed E-state index contributed by atoms with van der Waals surface area (Å²) >= 11 is 1.70. The molecule has 0 N–H and O–H groups in total. The van der Waals surface area contributed by atoms with Crippen molar-refractivity contribution in [2.75, 3.05) is 14.1 Å². The first-order valence-electron chi connectivity index (χ1n) is 11.7. The van der Waals surface area contributed by atoms with Crippen LogP contribution in [0, 0.1) is 5.82 Å². The molecule has 0 saturated heterocycles. The van der Waals surface area contributed by atoms with Crippen LogP contribution in [0.3, 0.4) is 0 Å². The van der Waals surface area contributed by atoms with E-state index in [-0.39, 0.29) is 30.0 Å². The third-order valence-corrected chi connectivity index (χ3v) is 8.16. The van der Waals surface area contributed by atoms with Crippen molar-refractivity contribution in [1.82, 2.24) is 19.9 Å². The summed E-state index contributed by atoms with van der Waals surface area (Å²) in [6.07, 6.45) is 9.79. The first-order chi connectivity index (χ1) is 16.0. The number of hydrogen-bond acceptors (Lipinski definition) is 7. The third kappa shape index (κ3) is 4.77. The van der Waals surface area contributed by atoms with Crippen LogP contribution >= 0.6 is 11.3 Å². The van der Waals surface area contributed by atoms with Crippen molar-refractivity contribution in [3.63, 3.8) is 0 Å². The highest BCUT2D eigenvalue weighted by Crippen LogP contribution is 2.47. The molecule has 0 unspecified atom stereocenters. The topological polar surface area (TPSA) is 68.2 Å². The highest BCUT2D eigenvalue weighted by atomic mass is 32.1. The smallest absolute Gasteiger partial charge is 0.225 e. The third-order valence-electron chi connectivity index (χ3n) is 6.99. The van der Waals surface area contributed by atoms with Crippen LogP contribution in [0.1, 0.15) is 60.6 Å². The quantitative estimate of drug-likeness (QED) is 0.500.